The van der Waals surface area contributed by atoms with Crippen molar-refractivity contribution in [2.24, 2.45) is 5.92 Å². The minimum atomic E-state index is -3.49. The molecule has 1 aliphatic heterocycles. The van der Waals surface area contributed by atoms with E-state index in [1.165, 1.54) is 4.31 Å². The molecule has 0 N–H and O–H groups in total. The minimum absolute atomic E-state index is 0.0544. The van der Waals surface area contributed by atoms with Crippen LogP contribution < -0.4 is 0 Å². The number of piperazine rings is 1. The zero-order chi connectivity index (χ0) is 17.9. The molecule has 0 aromatic heterocycles. The van der Waals surface area contributed by atoms with Crippen molar-refractivity contribution in [2.75, 3.05) is 26.2 Å². The van der Waals surface area contributed by atoms with Crippen LogP contribution in [-0.4, -0.2) is 49.7 Å². The normalized spacial score (nSPS) is 18.0. The standard InChI is InChI=1S/C18H28N2O3S/c1-5-15(4)16-6-8-17(9-7-16)24(22,23)20-12-10-19(11-13-20)18(21)14(2)3/h6-9,14-15H,5,10-13H2,1-4H3/t15-/m0/s1. The number of hydrogen-bond donors (Lipinski definition) is 0. The molecule has 1 fully saturated rings. The van der Waals surface area contributed by atoms with Gasteiger partial charge in [0.15, 0.2) is 0 Å². The lowest BCUT2D eigenvalue weighted by Crippen LogP contribution is -2.51. The summed E-state index contributed by atoms with van der Waals surface area (Å²) >= 11 is 0. The Morgan fingerprint density at radius 1 is 1.04 bits per heavy atom. The quantitative estimate of drug-likeness (QED) is 0.819. The molecular formula is C18H28N2O3S. The van der Waals surface area contributed by atoms with E-state index in [-0.39, 0.29) is 11.8 Å². The Balaban J connectivity index is 2.08. The van der Waals surface area contributed by atoms with Gasteiger partial charge in [0.1, 0.15) is 0 Å². The molecule has 6 heteroatoms. The summed E-state index contributed by atoms with van der Waals surface area (Å²) in [6.45, 7) is 9.61. The summed E-state index contributed by atoms with van der Waals surface area (Å²) in [6.07, 6.45) is 1.03. The van der Waals surface area contributed by atoms with E-state index >= 15 is 0 Å². The highest BCUT2D eigenvalue weighted by molar-refractivity contribution is 7.89. The number of amides is 1. The molecule has 1 aromatic carbocycles. The third-order valence-corrected chi connectivity index (χ3v) is 6.66. The molecule has 1 aliphatic rings. The van der Waals surface area contributed by atoms with Gasteiger partial charge in [0, 0.05) is 32.1 Å². The fourth-order valence-electron chi connectivity index (χ4n) is 2.87. The number of carbonyl (C=O) groups is 1. The molecule has 5 nitrogen and oxygen atoms in total. The minimum Gasteiger partial charge on any atom is -0.340 e. The summed E-state index contributed by atoms with van der Waals surface area (Å²) in [7, 11) is -3.49. The van der Waals surface area contributed by atoms with E-state index in [1.807, 2.05) is 26.0 Å². The third kappa shape index (κ3) is 3.98. The van der Waals surface area contributed by atoms with Crippen molar-refractivity contribution in [3.05, 3.63) is 29.8 Å². The van der Waals surface area contributed by atoms with E-state index in [0.29, 0.717) is 37.0 Å². The lowest BCUT2D eigenvalue weighted by Gasteiger charge is -2.34. The first-order chi connectivity index (χ1) is 11.3. The molecule has 1 amide bonds. The van der Waals surface area contributed by atoms with Crippen molar-refractivity contribution in [2.45, 2.75) is 44.9 Å². The number of rotatable bonds is 5. The van der Waals surface area contributed by atoms with E-state index in [4.69, 9.17) is 0 Å². The van der Waals surface area contributed by atoms with Gasteiger partial charge in [-0.1, -0.05) is 39.8 Å². The highest BCUT2D eigenvalue weighted by Gasteiger charge is 2.30. The first kappa shape index (κ1) is 18.9. The summed E-state index contributed by atoms with van der Waals surface area (Å²) in [5.41, 5.74) is 1.16. The molecule has 0 bridgehead atoms. The maximum Gasteiger partial charge on any atom is 0.243 e. The van der Waals surface area contributed by atoms with Crippen molar-refractivity contribution >= 4 is 15.9 Å². The molecule has 1 saturated heterocycles. The fraction of sp³-hybridized carbons (Fsp3) is 0.611. The molecule has 0 aliphatic carbocycles. The van der Waals surface area contributed by atoms with E-state index in [9.17, 15) is 13.2 Å². The highest BCUT2D eigenvalue weighted by atomic mass is 32.2. The van der Waals surface area contributed by atoms with Crippen LogP contribution in [0, 0.1) is 5.92 Å². The van der Waals surface area contributed by atoms with Crippen LogP contribution in [0.15, 0.2) is 29.2 Å². The summed E-state index contributed by atoms with van der Waals surface area (Å²) in [6, 6.07) is 7.20. The Morgan fingerprint density at radius 3 is 2.04 bits per heavy atom. The first-order valence-corrected chi connectivity index (χ1v) is 10.1. The fourth-order valence-corrected chi connectivity index (χ4v) is 4.29. The Morgan fingerprint density at radius 2 is 1.58 bits per heavy atom. The Hall–Kier alpha value is -1.40. The lowest BCUT2D eigenvalue weighted by atomic mass is 9.99. The molecule has 0 saturated carbocycles. The summed E-state index contributed by atoms with van der Waals surface area (Å²) in [5.74, 6) is 0.457. The first-order valence-electron chi connectivity index (χ1n) is 8.66. The molecule has 2 rings (SSSR count). The van der Waals surface area contributed by atoms with E-state index in [0.717, 1.165) is 12.0 Å². The number of benzene rings is 1. The SMILES string of the molecule is CC[C@H](C)c1ccc(S(=O)(=O)N2CCN(C(=O)C(C)C)CC2)cc1. The van der Waals surface area contributed by atoms with E-state index in [1.54, 1.807) is 17.0 Å². The van der Waals surface area contributed by atoms with Crippen molar-refractivity contribution in [3.8, 4) is 0 Å². The van der Waals surface area contributed by atoms with Crippen LogP contribution in [0.5, 0.6) is 0 Å². The zero-order valence-corrected chi connectivity index (χ0v) is 15.8. The summed E-state index contributed by atoms with van der Waals surface area (Å²) in [4.78, 5) is 14.1. The Labute approximate surface area is 145 Å². The van der Waals surface area contributed by atoms with E-state index in [2.05, 4.69) is 13.8 Å². The molecule has 0 spiro atoms. The summed E-state index contributed by atoms with van der Waals surface area (Å²) in [5, 5.41) is 0. The van der Waals surface area contributed by atoms with Crippen molar-refractivity contribution < 1.29 is 13.2 Å². The van der Waals surface area contributed by atoms with Gasteiger partial charge >= 0.3 is 0 Å². The van der Waals surface area contributed by atoms with Crippen LogP contribution in [0.3, 0.4) is 0 Å². The van der Waals surface area contributed by atoms with Crippen molar-refractivity contribution in [1.82, 2.24) is 9.21 Å². The molecule has 134 valence electrons. The van der Waals surface area contributed by atoms with Gasteiger partial charge in [-0.15, -0.1) is 0 Å². The van der Waals surface area contributed by atoms with E-state index < -0.39 is 10.0 Å². The topological polar surface area (TPSA) is 57.7 Å². The predicted octanol–water partition coefficient (Wildman–Crippen LogP) is 2.69. The smallest absolute Gasteiger partial charge is 0.243 e. The lowest BCUT2D eigenvalue weighted by molar-refractivity contribution is -0.135. The molecule has 1 aromatic rings. The van der Waals surface area contributed by atoms with Crippen LogP contribution in [0.4, 0.5) is 0 Å². The van der Waals surface area contributed by atoms with Crippen LogP contribution >= 0.6 is 0 Å². The molecule has 0 radical (unpaired) electrons. The van der Waals surface area contributed by atoms with Crippen molar-refractivity contribution in [1.29, 1.82) is 0 Å². The highest BCUT2D eigenvalue weighted by Crippen LogP contribution is 2.23. The average Bonchev–Trinajstić information content (AvgIpc) is 2.60. The van der Waals surface area contributed by atoms with Crippen LogP contribution in [0.2, 0.25) is 0 Å². The van der Waals surface area contributed by atoms with Gasteiger partial charge in [-0.3, -0.25) is 4.79 Å². The zero-order valence-electron chi connectivity index (χ0n) is 15.0. The third-order valence-electron chi connectivity index (χ3n) is 4.74. The number of sulfonamides is 1. The average molecular weight is 353 g/mol. The molecule has 24 heavy (non-hydrogen) atoms. The largest absolute Gasteiger partial charge is 0.340 e. The van der Waals surface area contributed by atoms with Gasteiger partial charge in [0.25, 0.3) is 0 Å². The molecule has 1 atom stereocenters. The Kier molecular flexibility index (Phi) is 6.04. The van der Waals surface area contributed by atoms with Crippen molar-refractivity contribution in [3.63, 3.8) is 0 Å². The van der Waals surface area contributed by atoms with Crippen LogP contribution in [0.1, 0.15) is 45.6 Å². The van der Waals surface area contributed by atoms with Gasteiger partial charge in [0.05, 0.1) is 4.90 Å². The molecular weight excluding hydrogens is 324 g/mol. The molecule has 1 heterocycles. The van der Waals surface area contributed by atoms with Gasteiger partial charge in [-0.25, -0.2) is 8.42 Å². The van der Waals surface area contributed by atoms with Gasteiger partial charge in [0.2, 0.25) is 15.9 Å². The second-order valence-corrected chi connectivity index (χ2v) is 8.70. The maximum absolute atomic E-state index is 12.8. The van der Waals surface area contributed by atoms with Gasteiger partial charge in [-0.05, 0) is 30.0 Å². The number of hydrogen-bond acceptors (Lipinski definition) is 3. The Bertz CT molecular complexity index is 660. The maximum atomic E-state index is 12.8. The predicted molar refractivity (Wildman–Crippen MR) is 95.3 cm³/mol. The monoisotopic (exact) mass is 352 g/mol. The second-order valence-electron chi connectivity index (χ2n) is 6.76. The summed E-state index contributed by atoms with van der Waals surface area (Å²) < 4.78 is 27.0. The number of nitrogens with zero attached hydrogens (tertiary/aromatic N) is 2. The molecule has 0 unspecified atom stereocenters. The second kappa shape index (κ2) is 7.66. The van der Waals surface area contributed by atoms with Crippen LogP contribution in [-0.2, 0) is 14.8 Å². The number of carbonyl (C=O) groups excluding carboxylic acids is 1. The van der Waals surface area contributed by atoms with Gasteiger partial charge < -0.3 is 4.90 Å². The van der Waals surface area contributed by atoms with Gasteiger partial charge in [-0.2, -0.15) is 4.31 Å². The van der Waals surface area contributed by atoms with Crippen LogP contribution in [0.25, 0.3) is 0 Å².